The van der Waals surface area contributed by atoms with E-state index in [1.165, 1.54) is 4.31 Å². The summed E-state index contributed by atoms with van der Waals surface area (Å²) in [6.45, 7) is 5.06. The summed E-state index contributed by atoms with van der Waals surface area (Å²) >= 11 is 0. The van der Waals surface area contributed by atoms with Gasteiger partial charge in [-0.3, -0.25) is 9.10 Å². The number of sulfonamides is 1. The van der Waals surface area contributed by atoms with Gasteiger partial charge in [0.05, 0.1) is 17.2 Å². The molecule has 1 heterocycles. The number of ether oxygens (including phenoxy) is 1. The Bertz CT molecular complexity index is 894. The molecule has 1 fully saturated rings. The Morgan fingerprint density at radius 1 is 1.15 bits per heavy atom. The van der Waals surface area contributed by atoms with Gasteiger partial charge in [-0.05, 0) is 55.8 Å². The third-order valence-corrected chi connectivity index (χ3v) is 6.22. The molecule has 3 rings (SSSR count). The molecule has 0 aromatic heterocycles. The number of carbonyl (C=O) groups is 1. The van der Waals surface area contributed by atoms with E-state index in [2.05, 4.69) is 0 Å². The van der Waals surface area contributed by atoms with Crippen LogP contribution in [-0.2, 0) is 19.6 Å². The number of hydrogen-bond acceptors (Lipinski definition) is 4. The van der Waals surface area contributed by atoms with E-state index in [0.29, 0.717) is 31.1 Å². The second kappa shape index (κ2) is 7.47. The largest absolute Gasteiger partial charge is 0.370 e. The van der Waals surface area contributed by atoms with Crippen molar-refractivity contribution in [3.63, 3.8) is 0 Å². The fourth-order valence-corrected chi connectivity index (χ4v) is 4.46. The molecule has 138 valence electrons. The summed E-state index contributed by atoms with van der Waals surface area (Å²) in [5.41, 5.74) is 2.31. The van der Waals surface area contributed by atoms with Crippen molar-refractivity contribution in [1.29, 1.82) is 0 Å². The zero-order valence-corrected chi connectivity index (χ0v) is 15.7. The fourth-order valence-electron chi connectivity index (χ4n) is 2.99. The first-order valence-electron chi connectivity index (χ1n) is 8.51. The van der Waals surface area contributed by atoms with Gasteiger partial charge in [0.25, 0.3) is 15.9 Å². The topological polar surface area (TPSA) is 66.9 Å². The first kappa shape index (κ1) is 18.4. The zero-order chi connectivity index (χ0) is 18.7. The molecule has 2 aromatic rings. The molecule has 0 spiro atoms. The molecule has 0 aliphatic carbocycles. The molecule has 7 heteroatoms. The maximum Gasteiger partial charge on any atom is 0.264 e. The SMILES string of the molecule is CCN(c1cccc(C)c1)S(=O)(=O)c1ccc(N2CCOCC2=O)cc1. The van der Waals surface area contributed by atoms with Gasteiger partial charge in [0.15, 0.2) is 0 Å². The molecule has 0 atom stereocenters. The highest BCUT2D eigenvalue weighted by Crippen LogP contribution is 2.26. The molecule has 0 unspecified atom stereocenters. The van der Waals surface area contributed by atoms with Crippen molar-refractivity contribution >= 4 is 27.3 Å². The summed E-state index contributed by atoms with van der Waals surface area (Å²) in [4.78, 5) is 13.7. The lowest BCUT2D eigenvalue weighted by Crippen LogP contribution is -2.41. The van der Waals surface area contributed by atoms with E-state index in [4.69, 9.17) is 4.74 Å². The van der Waals surface area contributed by atoms with Gasteiger partial charge >= 0.3 is 0 Å². The second-order valence-corrected chi connectivity index (χ2v) is 7.96. The normalized spacial score (nSPS) is 15.2. The van der Waals surface area contributed by atoms with Crippen molar-refractivity contribution < 1.29 is 17.9 Å². The number of anilines is 2. The minimum Gasteiger partial charge on any atom is -0.370 e. The monoisotopic (exact) mass is 374 g/mol. The van der Waals surface area contributed by atoms with Crippen LogP contribution in [0.3, 0.4) is 0 Å². The molecule has 0 radical (unpaired) electrons. The van der Waals surface area contributed by atoms with Gasteiger partial charge in [0.1, 0.15) is 6.61 Å². The van der Waals surface area contributed by atoms with E-state index < -0.39 is 10.0 Å². The molecule has 2 aromatic carbocycles. The number of hydrogen-bond donors (Lipinski definition) is 0. The lowest BCUT2D eigenvalue weighted by Gasteiger charge is -2.27. The van der Waals surface area contributed by atoms with E-state index in [1.54, 1.807) is 42.2 Å². The summed E-state index contributed by atoms with van der Waals surface area (Å²) in [6.07, 6.45) is 0. The number of rotatable bonds is 5. The Hall–Kier alpha value is -2.38. The predicted octanol–water partition coefficient (Wildman–Crippen LogP) is 2.57. The Kier molecular flexibility index (Phi) is 5.29. The quantitative estimate of drug-likeness (QED) is 0.807. The van der Waals surface area contributed by atoms with Crippen LogP contribution in [0.2, 0.25) is 0 Å². The summed E-state index contributed by atoms with van der Waals surface area (Å²) in [5, 5.41) is 0. The van der Waals surface area contributed by atoms with Gasteiger partial charge in [0, 0.05) is 18.8 Å². The zero-order valence-electron chi connectivity index (χ0n) is 14.9. The number of carbonyl (C=O) groups excluding carboxylic acids is 1. The molecule has 26 heavy (non-hydrogen) atoms. The highest BCUT2D eigenvalue weighted by atomic mass is 32.2. The van der Waals surface area contributed by atoms with E-state index in [0.717, 1.165) is 5.56 Å². The average molecular weight is 374 g/mol. The van der Waals surface area contributed by atoms with Crippen molar-refractivity contribution in [1.82, 2.24) is 0 Å². The van der Waals surface area contributed by atoms with Crippen LogP contribution in [-0.4, -0.2) is 40.6 Å². The van der Waals surface area contributed by atoms with Crippen LogP contribution in [0.5, 0.6) is 0 Å². The Labute approximate surface area is 154 Å². The molecule has 1 aliphatic heterocycles. The summed E-state index contributed by atoms with van der Waals surface area (Å²) in [7, 11) is -3.68. The van der Waals surface area contributed by atoms with Crippen molar-refractivity contribution in [2.24, 2.45) is 0 Å². The lowest BCUT2D eigenvalue weighted by atomic mass is 10.2. The maximum atomic E-state index is 13.1. The third-order valence-electron chi connectivity index (χ3n) is 4.30. The van der Waals surface area contributed by atoms with Crippen molar-refractivity contribution in [2.45, 2.75) is 18.7 Å². The molecule has 0 saturated carbocycles. The molecular weight excluding hydrogens is 352 g/mol. The number of benzene rings is 2. The summed E-state index contributed by atoms with van der Waals surface area (Å²) in [5.74, 6) is -0.123. The second-order valence-electron chi connectivity index (χ2n) is 6.10. The molecule has 1 saturated heterocycles. The van der Waals surface area contributed by atoms with Gasteiger partial charge < -0.3 is 9.64 Å². The molecule has 1 amide bonds. The minimum atomic E-state index is -3.68. The van der Waals surface area contributed by atoms with E-state index in [1.807, 2.05) is 25.1 Å². The van der Waals surface area contributed by atoms with E-state index in [-0.39, 0.29) is 17.4 Å². The standard InChI is InChI=1S/C19H22N2O4S/c1-3-21(17-6-4-5-15(2)13-17)26(23,24)18-9-7-16(8-10-18)20-11-12-25-14-19(20)22/h4-10,13H,3,11-12,14H2,1-2H3. The number of amides is 1. The Morgan fingerprint density at radius 2 is 1.88 bits per heavy atom. The number of aryl methyl sites for hydroxylation is 1. The van der Waals surface area contributed by atoms with Gasteiger partial charge in [-0.2, -0.15) is 0 Å². The van der Waals surface area contributed by atoms with Crippen LogP contribution in [0, 0.1) is 6.92 Å². The van der Waals surface area contributed by atoms with Crippen LogP contribution in [0.25, 0.3) is 0 Å². The Balaban J connectivity index is 1.90. The van der Waals surface area contributed by atoms with Crippen molar-refractivity contribution in [3.8, 4) is 0 Å². The van der Waals surface area contributed by atoms with Gasteiger partial charge in [-0.15, -0.1) is 0 Å². The highest BCUT2D eigenvalue weighted by molar-refractivity contribution is 7.92. The van der Waals surface area contributed by atoms with Crippen LogP contribution in [0.15, 0.2) is 53.4 Å². The molecule has 6 nitrogen and oxygen atoms in total. The van der Waals surface area contributed by atoms with Crippen LogP contribution in [0.4, 0.5) is 11.4 Å². The smallest absolute Gasteiger partial charge is 0.264 e. The molecule has 1 aliphatic rings. The number of nitrogens with zero attached hydrogens (tertiary/aromatic N) is 2. The average Bonchev–Trinajstić information content (AvgIpc) is 2.63. The number of morpholine rings is 1. The first-order chi connectivity index (χ1) is 12.4. The van der Waals surface area contributed by atoms with Crippen LogP contribution < -0.4 is 9.21 Å². The maximum absolute atomic E-state index is 13.1. The third kappa shape index (κ3) is 3.59. The van der Waals surface area contributed by atoms with Crippen LogP contribution >= 0.6 is 0 Å². The molecular formula is C19H22N2O4S. The fraction of sp³-hybridized carbons (Fsp3) is 0.316. The van der Waals surface area contributed by atoms with Crippen LogP contribution in [0.1, 0.15) is 12.5 Å². The van der Waals surface area contributed by atoms with E-state index >= 15 is 0 Å². The van der Waals surface area contributed by atoms with Gasteiger partial charge in [-0.1, -0.05) is 12.1 Å². The highest BCUT2D eigenvalue weighted by Gasteiger charge is 2.25. The molecule has 0 bridgehead atoms. The van der Waals surface area contributed by atoms with Gasteiger partial charge in [-0.25, -0.2) is 8.42 Å². The van der Waals surface area contributed by atoms with Crippen molar-refractivity contribution in [2.75, 3.05) is 35.5 Å². The van der Waals surface area contributed by atoms with E-state index in [9.17, 15) is 13.2 Å². The summed E-state index contributed by atoms with van der Waals surface area (Å²) < 4.78 is 32.6. The Morgan fingerprint density at radius 3 is 2.50 bits per heavy atom. The minimum absolute atomic E-state index is 0.0526. The first-order valence-corrected chi connectivity index (χ1v) is 9.95. The lowest BCUT2D eigenvalue weighted by molar-refractivity contribution is -0.125. The molecule has 0 N–H and O–H groups in total. The predicted molar refractivity (Wildman–Crippen MR) is 101 cm³/mol. The van der Waals surface area contributed by atoms with Gasteiger partial charge in [0.2, 0.25) is 0 Å². The summed E-state index contributed by atoms with van der Waals surface area (Å²) in [6, 6.07) is 13.8. The van der Waals surface area contributed by atoms with Crippen molar-refractivity contribution in [3.05, 3.63) is 54.1 Å².